The zero-order valence-electron chi connectivity index (χ0n) is 14.0. The Hall–Kier alpha value is -1.98. The number of benzene rings is 2. The molecule has 0 aliphatic rings. The normalized spacial score (nSPS) is 12.5. The first-order valence-corrected chi connectivity index (χ1v) is 8.67. The number of halogens is 1. The second-order valence-electron chi connectivity index (χ2n) is 6.03. The minimum atomic E-state index is 0.0420. The summed E-state index contributed by atoms with van der Waals surface area (Å²) in [5.41, 5.74) is 3.40. The van der Waals surface area contributed by atoms with Crippen LogP contribution in [0.1, 0.15) is 30.0 Å². The fraction of sp³-hybridized carbons (Fsp3) is 0.263. The fourth-order valence-electron chi connectivity index (χ4n) is 2.42. The van der Waals surface area contributed by atoms with E-state index >= 15 is 0 Å². The Kier molecular flexibility index (Phi) is 5.11. The van der Waals surface area contributed by atoms with Gasteiger partial charge in [-0.05, 0) is 50.7 Å². The van der Waals surface area contributed by atoms with Gasteiger partial charge in [-0.1, -0.05) is 45.8 Å². The molecule has 0 saturated heterocycles. The molecule has 0 saturated carbocycles. The lowest BCUT2D eigenvalue weighted by Gasteiger charge is -2.21. The average Bonchev–Trinajstić information content (AvgIpc) is 3.07. The highest BCUT2D eigenvalue weighted by Crippen LogP contribution is 2.24. The van der Waals surface area contributed by atoms with Gasteiger partial charge in [0.2, 0.25) is 11.8 Å². The molecule has 24 heavy (non-hydrogen) atoms. The SMILES string of the molecule is Cc1ccc(-c2nnc(C(C)N(C)Cc3ccc(Br)cc3)o2)cc1. The van der Waals surface area contributed by atoms with Crippen LogP contribution in [0, 0.1) is 6.92 Å². The molecular weight excluding hydrogens is 366 g/mol. The van der Waals surface area contributed by atoms with Crippen LogP contribution in [0.2, 0.25) is 0 Å². The third kappa shape index (κ3) is 3.91. The van der Waals surface area contributed by atoms with Gasteiger partial charge in [-0.3, -0.25) is 4.90 Å². The summed E-state index contributed by atoms with van der Waals surface area (Å²) in [6.45, 7) is 4.95. The highest BCUT2D eigenvalue weighted by Gasteiger charge is 2.19. The smallest absolute Gasteiger partial charge is 0.247 e. The number of aromatic nitrogens is 2. The molecule has 0 amide bonds. The highest BCUT2D eigenvalue weighted by molar-refractivity contribution is 9.10. The van der Waals surface area contributed by atoms with Crippen molar-refractivity contribution in [2.24, 2.45) is 0 Å². The van der Waals surface area contributed by atoms with Gasteiger partial charge in [0.1, 0.15) is 0 Å². The van der Waals surface area contributed by atoms with Crippen LogP contribution < -0.4 is 0 Å². The standard InChI is InChI=1S/C19H20BrN3O/c1-13-4-8-16(9-5-13)19-22-21-18(24-19)14(2)23(3)12-15-6-10-17(20)11-7-15/h4-11,14H,12H2,1-3H3. The highest BCUT2D eigenvalue weighted by atomic mass is 79.9. The summed E-state index contributed by atoms with van der Waals surface area (Å²) in [5.74, 6) is 1.19. The molecule has 0 bridgehead atoms. The van der Waals surface area contributed by atoms with E-state index in [0.29, 0.717) is 11.8 Å². The Morgan fingerprint density at radius 3 is 2.38 bits per heavy atom. The first-order chi connectivity index (χ1) is 11.5. The molecule has 5 heteroatoms. The molecule has 0 spiro atoms. The quantitative estimate of drug-likeness (QED) is 0.619. The maximum atomic E-state index is 5.88. The lowest BCUT2D eigenvalue weighted by molar-refractivity contribution is 0.218. The largest absolute Gasteiger partial charge is 0.419 e. The van der Waals surface area contributed by atoms with Gasteiger partial charge in [-0.2, -0.15) is 0 Å². The molecule has 124 valence electrons. The third-order valence-corrected chi connectivity index (χ3v) is 4.63. The molecule has 0 N–H and O–H groups in total. The molecule has 0 aliphatic heterocycles. The van der Waals surface area contributed by atoms with E-state index in [2.05, 4.69) is 76.2 Å². The minimum Gasteiger partial charge on any atom is -0.419 e. The molecule has 4 nitrogen and oxygen atoms in total. The number of hydrogen-bond donors (Lipinski definition) is 0. The number of nitrogens with zero attached hydrogens (tertiary/aromatic N) is 3. The molecule has 0 radical (unpaired) electrons. The monoisotopic (exact) mass is 385 g/mol. The van der Waals surface area contributed by atoms with Crippen LogP contribution in [0.15, 0.2) is 57.4 Å². The number of rotatable bonds is 5. The molecule has 1 heterocycles. The van der Waals surface area contributed by atoms with Gasteiger partial charge in [0.25, 0.3) is 0 Å². The van der Waals surface area contributed by atoms with Gasteiger partial charge >= 0.3 is 0 Å². The van der Waals surface area contributed by atoms with Crippen molar-refractivity contribution in [3.63, 3.8) is 0 Å². The Balaban J connectivity index is 1.71. The third-order valence-electron chi connectivity index (χ3n) is 4.10. The second-order valence-corrected chi connectivity index (χ2v) is 6.94. The molecule has 0 aliphatic carbocycles. The Morgan fingerprint density at radius 1 is 1.04 bits per heavy atom. The van der Waals surface area contributed by atoms with E-state index < -0.39 is 0 Å². The predicted molar refractivity (Wildman–Crippen MR) is 98.5 cm³/mol. The van der Waals surface area contributed by atoms with Crippen LogP contribution in [0.4, 0.5) is 0 Å². The van der Waals surface area contributed by atoms with E-state index in [1.807, 2.05) is 24.3 Å². The zero-order chi connectivity index (χ0) is 17.1. The van der Waals surface area contributed by atoms with E-state index in [1.165, 1.54) is 11.1 Å². The molecule has 3 aromatic rings. The Bertz CT molecular complexity index is 796. The summed E-state index contributed by atoms with van der Waals surface area (Å²) in [7, 11) is 2.06. The van der Waals surface area contributed by atoms with Gasteiger partial charge in [0, 0.05) is 16.6 Å². The van der Waals surface area contributed by atoms with E-state index in [4.69, 9.17) is 4.42 Å². The maximum absolute atomic E-state index is 5.88. The van der Waals surface area contributed by atoms with Gasteiger partial charge in [0.05, 0.1) is 6.04 Å². The molecule has 3 rings (SSSR count). The first kappa shape index (κ1) is 16.9. The van der Waals surface area contributed by atoms with Crippen molar-refractivity contribution in [3.05, 3.63) is 70.0 Å². The van der Waals surface area contributed by atoms with Crippen molar-refractivity contribution < 1.29 is 4.42 Å². The van der Waals surface area contributed by atoms with Gasteiger partial charge < -0.3 is 4.42 Å². The summed E-state index contributed by atoms with van der Waals surface area (Å²) in [4.78, 5) is 2.19. The van der Waals surface area contributed by atoms with Crippen molar-refractivity contribution in [1.29, 1.82) is 0 Å². The molecule has 2 aromatic carbocycles. The minimum absolute atomic E-state index is 0.0420. The van der Waals surface area contributed by atoms with Crippen molar-refractivity contribution >= 4 is 15.9 Å². The van der Waals surface area contributed by atoms with Crippen LogP contribution in [0.3, 0.4) is 0 Å². The summed E-state index contributed by atoms with van der Waals surface area (Å²) >= 11 is 3.46. The van der Waals surface area contributed by atoms with E-state index in [9.17, 15) is 0 Å². The molecule has 0 fully saturated rings. The van der Waals surface area contributed by atoms with E-state index in [-0.39, 0.29) is 6.04 Å². The van der Waals surface area contributed by atoms with Crippen molar-refractivity contribution in [3.8, 4) is 11.5 Å². The van der Waals surface area contributed by atoms with Crippen molar-refractivity contribution in [2.45, 2.75) is 26.4 Å². The first-order valence-electron chi connectivity index (χ1n) is 7.88. The average molecular weight is 386 g/mol. The lowest BCUT2D eigenvalue weighted by atomic mass is 10.1. The zero-order valence-corrected chi connectivity index (χ0v) is 15.6. The molecule has 1 atom stereocenters. The van der Waals surface area contributed by atoms with E-state index in [1.54, 1.807) is 0 Å². The Morgan fingerprint density at radius 2 is 1.71 bits per heavy atom. The summed E-state index contributed by atoms with van der Waals surface area (Å²) in [6.07, 6.45) is 0. The Labute approximate surface area is 150 Å². The van der Waals surface area contributed by atoms with Gasteiger partial charge in [-0.15, -0.1) is 10.2 Å². The van der Waals surface area contributed by atoms with Crippen LogP contribution in [-0.4, -0.2) is 22.1 Å². The maximum Gasteiger partial charge on any atom is 0.247 e. The topological polar surface area (TPSA) is 42.2 Å². The van der Waals surface area contributed by atoms with E-state index in [0.717, 1.165) is 16.6 Å². The van der Waals surface area contributed by atoms with Crippen molar-refractivity contribution in [2.75, 3.05) is 7.05 Å². The lowest BCUT2D eigenvalue weighted by Crippen LogP contribution is -2.22. The summed E-state index contributed by atoms with van der Waals surface area (Å²) < 4.78 is 6.96. The van der Waals surface area contributed by atoms with Gasteiger partial charge in [-0.25, -0.2) is 0 Å². The predicted octanol–water partition coefficient (Wildman–Crippen LogP) is 5.00. The van der Waals surface area contributed by atoms with Crippen LogP contribution in [0.5, 0.6) is 0 Å². The molecule has 1 aromatic heterocycles. The number of hydrogen-bond acceptors (Lipinski definition) is 4. The molecule has 1 unspecified atom stereocenters. The summed E-state index contributed by atoms with van der Waals surface area (Å²) in [6, 6.07) is 16.5. The van der Waals surface area contributed by atoms with Crippen LogP contribution >= 0.6 is 15.9 Å². The van der Waals surface area contributed by atoms with Crippen molar-refractivity contribution in [1.82, 2.24) is 15.1 Å². The van der Waals surface area contributed by atoms with Gasteiger partial charge in [0.15, 0.2) is 0 Å². The summed E-state index contributed by atoms with van der Waals surface area (Å²) in [5, 5.41) is 8.41. The number of aryl methyl sites for hydroxylation is 1. The molecular formula is C19H20BrN3O. The fourth-order valence-corrected chi connectivity index (χ4v) is 2.68. The second kappa shape index (κ2) is 7.28. The van der Waals surface area contributed by atoms with Crippen LogP contribution in [0.25, 0.3) is 11.5 Å². The van der Waals surface area contributed by atoms with Crippen LogP contribution in [-0.2, 0) is 6.54 Å².